The Hall–Kier alpha value is -2.11. The van der Waals surface area contributed by atoms with E-state index in [4.69, 9.17) is 4.74 Å². The predicted octanol–water partition coefficient (Wildman–Crippen LogP) is 3.04. The Labute approximate surface area is 165 Å². The average Bonchev–Trinajstić information content (AvgIpc) is 2.64. The van der Waals surface area contributed by atoms with E-state index in [0.29, 0.717) is 18.8 Å². The molecule has 0 atom stereocenters. The number of amides is 2. The molecule has 0 saturated heterocycles. The first-order chi connectivity index (χ1) is 13.5. The zero-order valence-electron chi connectivity index (χ0n) is 16.2. The van der Waals surface area contributed by atoms with Gasteiger partial charge in [0, 0.05) is 24.4 Å². The van der Waals surface area contributed by atoms with Crippen molar-refractivity contribution in [1.82, 2.24) is 10.6 Å². The van der Waals surface area contributed by atoms with Crippen LogP contribution in [0.1, 0.15) is 44.9 Å². The lowest BCUT2D eigenvalue weighted by atomic mass is 9.49. The van der Waals surface area contributed by atoms with Gasteiger partial charge < -0.3 is 15.4 Å². The zero-order chi connectivity index (χ0) is 19.6. The SMILES string of the molecule is O=C(CCNC(=O)C12CC3CC(CC(C3)C1)C2)NCCOc1cccc(F)c1. The molecule has 0 aliphatic heterocycles. The zero-order valence-corrected chi connectivity index (χ0v) is 16.2. The Kier molecular flexibility index (Phi) is 5.56. The minimum Gasteiger partial charge on any atom is -0.492 e. The summed E-state index contributed by atoms with van der Waals surface area (Å²) in [5.41, 5.74) is -0.163. The molecule has 4 saturated carbocycles. The number of ether oxygens (including phenoxy) is 1. The van der Waals surface area contributed by atoms with Crippen LogP contribution in [0.15, 0.2) is 24.3 Å². The highest BCUT2D eigenvalue weighted by Gasteiger charge is 2.54. The summed E-state index contributed by atoms with van der Waals surface area (Å²) in [6.07, 6.45) is 7.31. The van der Waals surface area contributed by atoms with Crippen LogP contribution >= 0.6 is 0 Å². The van der Waals surface area contributed by atoms with E-state index in [9.17, 15) is 14.0 Å². The van der Waals surface area contributed by atoms with Gasteiger partial charge in [-0.3, -0.25) is 9.59 Å². The van der Waals surface area contributed by atoms with E-state index in [-0.39, 0.29) is 36.1 Å². The number of nitrogens with one attached hydrogen (secondary N) is 2. The standard InChI is InChI=1S/C22H29FN2O3/c23-18-2-1-3-19(11-18)28-7-6-24-20(26)4-5-25-21(27)22-12-15-8-16(13-22)10-17(9-15)14-22/h1-3,11,15-17H,4-10,12-14H2,(H,24,26)(H,25,27). The summed E-state index contributed by atoms with van der Waals surface area (Å²) >= 11 is 0. The fraction of sp³-hybridized carbons (Fsp3) is 0.636. The maximum atomic E-state index is 13.1. The molecule has 0 aromatic heterocycles. The molecule has 2 amide bonds. The van der Waals surface area contributed by atoms with E-state index in [2.05, 4.69) is 10.6 Å². The van der Waals surface area contributed by atoms with Crippen molar-refractivity contribution in [2.24, 2.45) is 23.2 Å². The van der Waals surface area contributed by atoms with Gasteiger partial charge in [0.1, 0.15) is 18.2 Å². The van der Waals surface area contributed by atoms with Crippen molar-refractivity contribution >= 4 is 11.8 Å². The minimum absolute atomic E-state index is 0.117. The van der Waals surface area contributed by atoms with Crippen molar-refractivity contribution in [3.63, 3.8) is 0 Å². The highest BCUT2D eigenvalue weighted by Crippen LogP contribution is 2.60. The third-order valence-corrected chi connectivity index (χ3v) is 6.65. The molecule has 0 spiro atoms. The second-order valence-electron chi connectivity index (χ2n) is 8.86. The highest BCUT2D eigenvalue weighted by molar-refractivity contribution is 5.84. The number of halogens is 1. The fourth-order valence-electron chi connectivity index (χ4n) is 5.87. The van der Waals surface area contributed by atoms with E-state index in [1.165, 1.54) is 31.4 Å². The quantitative estimate of drug-likeness (QED) is 0.673. The van der Waals surface area contributed by atoms with Crippen LogP contribution in [0.3, 0.4) is 0 Å². The van der Waals surface area contributed by atoms with Gasteiger partial charge in [-0.15, -0.1) is 0 Å². The molecule has 0 heterocycles. The van der Waals surface area contributed by atoms with Gasteiger partial charge in [0.15, 0.2) is 0 Å². The van der Waals surface area contributed by atoms with Gasteiger partial charge in [0.05, 0.1) is 6.54 Å². The lowest BCUT2D eigenvalue weighted by molar-refractivity contribution is -0.146. The molecular weight excluding hydrogens is 359 g/mol. The largest absolute Gasteiger partial charge is 0.492 e. The number of carbonyl (C=O) groups excluding carboxylic acids is 2. The van der Waals surface area contributed by atoms with Crippen molar-refractivity contribution in [3.8, 4) is 5.75 Å². The van der Waals surface area contributed by atoms with Crippen molar-refractivity contribution in [3.05, 3.63) is 30.1 Å². The predicted molar refractivity (Wildman–Crippen MR) is 103 cm³/mol. The van der Waals surface area contributed by atoms with Gasteiger partial charge in [-0.1, -0.05) is 6.07 Å². The third kappa shape index (κ3) is 4.31. The molecule has 0 radical (unpaired) electrons. The van der Waals surface area contributed by atoms with Gasteiger partial charge >= 0.3 is 0 Å². The smallest absolute Gasteiger partial charge is 0.226 e. The van der Waals surface area contributed by atoms with Crippen LogP contribution in [0.2, 0.25) is 0 Å². The van der Waals surface area contributed by atoms with Gasteiger partial charge in [0.25, 0.3) is 0 Å². The number of hydrogen-bond acceptors (Lipinski definition) is 3. The molecule has 5 nitrogen and oxygen atoms in total. The molecule has 6 heteroatoms. The van der Waals surface area contributed by atoms with Crippen LogP contribution < -0.4 is 15.4 Å². The van der Waals surface area contributed by atoms with Gasteiger partial charge in [-0.25, -0.2) is 4.39 Å². The molecule has 2 N–H and O–H groups in total. The summed E-state index contributed by atoms with van der Waals surface area (Å²) in [6, 6.07) is 5.91. The van der Waals surface area contributed by atoms with E-state index in [1.807, 2.05) is 0 Å². The Bertz CT molecular complexity index is 701. The number of carbonyl (C=O) groups is 2. The van der Waals surface area contributed by atoms with E-state index in [0.717, 1.165) is 37.0 Å². The van der Waals surface area contributed by atoms with Gasteiger partial charge in [-0.2, -0.15) is 0 Å². The molecule has 4 fully saturated rings. The molecule has 4 bridgehead atoms. The van der Waals surface area contributed by atoms with E-state index >= 15 is 0 Å². The second-order valence-corrected chi connectivity index (χ2v) is 8.86. The van der Waals surface area contributed by atoms with Crippen LogP contribution in [0.5, 0.6) is 5.75 Å². The summed E-state index contributed by atoms with van der Waals surface area (Å²) < 4.78 is 18.5. The van der Waals surface area contributed by atoms with Crippen LogP contribution in [-0.2, 0) is 9.59 Å². The van der Waals surface area contributed by atoms with E-state index in [1.54, 1.807) is 12.1 Å². The van der Waals surface area contributed by atoms with Crippen molar-refractivity contribution < 1.29 is 18.7 Å². The summed E-state index contributed by atoms with van der Waals surface area (Å²) in [5.74, 6) is 2.34. The number of hydrogen-bond donors (Lipinski definition) is 2. The summed E-state index contributed by atoms with van der Waals surface area (Å²) in [4.78, 5) is 24.8. The van der Waals surface area contributed by atoms with Crippen molar-refractivity contribution in [1.29, 1.82) is 0 Å². The molecule has 152 valence electrons. The number of benzene rings is 1. The molecular formula is C22H29FN2O3. The number of rotatable bonds is 8. The summed E-state index contributed by atoms with van der Waals surface area (Å²) in [5, 5.41) is 5.79. The van der Waals surface area contributed by atoms with Crippen LogP contribution in [0.4, 0.5) is 4.39 Å². The topological polar surface area (TPSA) is 67.4 Å². The van der Waals surface area contributed by atoms with Crippen LogP contribution in [0.25, 0.3) is 0 Å². The molecule has 0 unspecified atom stereocenters. The van der Waals surface area contributed by atoms with Crippen LogP contribution in [-0.4, -0.2) is 31.5 Å². The normalized spacial score (nSPS) is 30.1. The first kappa shape index (κ1) is 19.2. The lowest BCUT2D eigenvalue weighted by Crippen LogP contribution is -2.53. The molecule has 1 aromatic rings. The lowest BCUT2D eigenvalue weighted by Gasteiger charge is -2.55. The van der Waals surface area contributed by atoms with Gasteiger partial charge in [0.2, 0.25) is 11.8 Å². The Balaban J connectivity index is 1.13. The first-order valence-corrected chi connectivity index (χ1v) is 10.5. The average molecular weight is 388 g/mol. The van der Waals surface area contributed by atoms with Gasteiger partial charge in [-0.05, 0) is 68.4 Å². The van der Waals surface area contributed by atoms with Crippen LogP contribution in [0, 0.1) is 29.0 Å². The molecule has 1 aromatic carbocycles. The van der Waals surface area contributed by atoms with Crippen molar-refractivity contribution in [2.75, 3.05) is 19.7 Å². The third-order valence-electron chi connectivity index (χ3n) is 6.65. The Morgan fingerprint density at radius 1 is 1.04 bits per heavy atom. The molecule has 4 aliphatic carbocycles. The first-order valence-electron chi connectivity index (χ1n) is 10.5. The maximum Gasteiger partial charge on any atom is 0.226 e. The second kappa shape index (κ2) is 8.10. The summed E-state index contributed by atoms with van der Waals surface area (Å²) in [6.45, 7) is 0.990. The van der Waals surface area contributed by atoms with Crippen molar-refractivity contribution in [2.45, 2.75) is 44.9 Å². The minimum atomic E-state index is -0.351. The Morgan fingerprint density at radius 2 is 1.71 bits per heavy atom. The summed E-state index contributed by atoms with van der Waals surface area (Å²) in [7, 11) is 0. The molecule has 4 aliphatic rings. The maximum absolute atomic E-state index is 13.1. The monoisotopic (exact) mass is 388 g/mol. The highest BCUT2D eigenvalue weighted by atomic mass is 19.1. The molecule has 5 rings (SSSR count). The fourth-order valence-corrected chi connectivity index (χ4v) is 5.87. The Morgan fingerprint density at radius 3 is 2.36 bits per heavy atom. The molecule has 28 heavy (non-hydrogen) atoms. The van der Waals surface area contributed by atoms with E-state index < -0.39 is 0 Å².